The predicted octanol–water partition coefficient (Wildman–Crippen LogP) is 2.97. The van der Waals surface area contributed by atoms with Crippen molar-refractivity contribution in [2.45, 2.75) is 19.4 Å². The fourth-order valence-electron chi connectivity index (χ4n) is 2.37. The zero-order chi connectivity index (χ0) is 13.9. The Balaban J connectivity index is 0.00000121. The van der Waals surface area contributed by atoms with Crippen molar-refractivity contribution >= 4 is 42.1 Å². The highest BCUT2D eigenvalue weighted by Gasteiger charge is 2.24. The van der Waals surface area contributed by atoms with Crippen LogP contribution >= 0.6 is 36.2 Å². The Morgan fingerprint density at radius 3 is 3.00 bits per heavy atom. The van der Waals surface area contributed by atoms with E-state index in [1.807, 2.05) is 6.07 Å². The molecule has 0 saturated carbocycles. The average molecular weight is 364 g/mol. The van der Waals surface area contributed by atoms with Gasteiger partial charge >= 0.3 is 0 Å². The van der Waals surface area contributed by atoms with Crippen LogP contribution in [0, 0.1) is 5.92 Å². The lowest BCUT2D eigenvalue weighted by molar-refractivity contribution is 0.0910. The first kappa shape index (κ1) is 19.0. The van der Waals surface area contributed by atoms with E-state index in [4.69, 9.17) is 4.42 Å². The number of piperidine rings is 1. The van der Waals surface area contributed by atoms with Gasteiger partial charge in [-0.1, -0.05) is 6.92 Å². The molecule has 0 radical (unpaired) electrons. The molecule has 0 aliphatic carbocycles. The smallest absolute Gasteiger partial charge is 0.271 e. The lowest BCUT2D eigenvalue weighted by Gasteiger charge is -2.29. The van der Waals surface area contributed by atoms with E-state index < -0.39 is 0 Å². The van der Waals surface area contributed by atoms with Crippen LogP contribution in [0.1, 0.15) is 23.8 Å². The van der Waals surface area contributed by atoms with Gasteiger partial charge in [0.15, 0.2) is 0 Å². The topological polar surface area (TPSA) is 67.2 Å². The number of amides is 1. The second kappa shape index (κ2) is 8.53. The van der Waals surface area contributed by atoms with Crippen LogP contribution in [0.15, 0.2) is 28.4 Å². The van der Waals surface area contributed by atoms with Crippen LogP contribution in [0.3, 0.4) is 0 Å². The first-order valence-electron chi connectivity index (χ1n) is 6.73. The molecule has 1 amide bonds. The van der Waals surface area contributed by atoms with Gasteiger partial charge in [-0.15, -0.1) is 36.2 Å². The van der Waals surface area contributed by atoms with Crippen LogP contribution in [0.25, 0.3) is 10.6 Å². The fraction of sp³-hybridized carbons (Fsp3) is 0.429. The number of aromatic nitrogens is 1. The Bertz CT molecular complexity index is 589. The van der Waals surface area contributed by atoms with Gasteiger partial charge in [-0.2, -0.15) is 0 Å². The molecular weight excluding hydrogens is 345 g/mol. The van der Waals surface area contributed by atoms with Gasteiger partial charge in [0.05, 0.1) is 6.26 Å². The number of thiazole rings is 1. The second-order valence-electron chi connectivity index (χ2n) is 5.10. The Hall–Kier alpha value is -1.08. The predicted molar refractivity (Wildman–Crippen MR) is 92.2 cm³/mol. The van der Waals surface area contributed by atoms with Gasteiger partial charge in [-0.3, -0.25) is 4.79 Å². The van der Waals surface area contributed by atoms with E-state index in [9.17, 15) is 4.79 Å². The highest BCUT2D eigenvalue weighted by molar-refractivity contribution is 7.13. The fourth-order valence-corrected chi connectivity index (χ4v) is 3.15. The highest BCUT2D eigenvalue weighted by atomic mass is 35.5. The first-order valence-corrected chi connectivity index (χ1v) is 7.61. The van der Waals surface area contributed by atoms with Gasteiger partial charge in [0.25, 0.3) is 5.91 Å². The quantitative estimate of drug-likeness (QED) is 0.879. The normalized spacial score (nSPS) is 20.6. The van der Waals surface area contributed by atoms with Crippen LogP contribution in [0.2, 0.25) is 0 Å². The summed E-state index contributed by atoms with van der Waals surface area (Å²) in [6, 6.07) is 2.07. The number of carbonyl (C=O) groups is 1. The Morgan fingerprint density at radius 1 is 1.50 bits per heavy atom. The summed E-state index contributed by atoms with van der Waals surface area (Å²) in [5, 5.41) is 9.01. The van der Waals surface area contributed by atoms with Crippen molar-refractivity contribution in [2.75, 3.05) is 13.1 Å². The third-order valence-electron chi connectivity index (χ3n) is 3.61. The zero-order valence-electron chi connectivity index (χ0n) is 12.1. The molecule has 1 fully saturated rings. The number of nitrogens with zero attached hydrogens (tertiary/aromatic N) is 1. The molecule has 2 N–H and O–H groups in total. The third-order valence-corrected chi connectivity index (χ3v) is 4.50. The summed E-state index contributed by atoms with van der Waals surface area (Å²) in [5.74, 6) is 0.356. The maximum Gasteiger partial charge on any atom is 0.271 e. The highest BCUT2D eigenvalue weighted by Crippen LogP contribution is 2.24. The number of hydrogen-bond acceptors (Lipinski definition) is 5. The molecule has 1 aliphatic rings. The number of hydrogen-bond donors (Lipinski definition) is 2. The summed E-state index contributed by atoms with van der Waals surface area (Å²) in [6.07, 6.45) is 4.20. The van der Waals surface area contributed by atoms with E-state index in [0.717, 1.165) is 30.1 Å². The van der Waals surface area contributed by atoms with Crippen molar-refractivity contribution in [2.24, 2.45) is 5.92 Å². The molecule has 3 rings (SSSR count). The van der Waals surface area contributed by atoms with Crippen molar-refractivity contribution in [3.63, 3.8) is 0 Å². The van der Waals surface area contributed by atoms with E-state index in [1.165, 1.54) is 11.3 Å². The van der Waals surface area contributed by atoms with Crippen molar-refractivity contribution in [1.82, 2.24) is 15.6 Å². The van der Waals surface area contributed by atoms with E-state index >= 15 is 0 Å². The minimum absolute atomic E-state index is 0. The molecule has 2 unspecified atom stereocenters. The molecule has 22 heavy (non-hydrogen) atoms. The molecule has 1 saturated heterocycles. The lowest BCUT2D eigenvalue weighted by atomic mass is 9.95. The van der Waals surface area contributed by atoms with Crippen LogP contribution < -0.4 is 10.6 Å². The molecule has 1 aliphatic heterocycles. The zero-order valence-corrected chi connectivity index (χ0v) is 14.5. The summed E-state index contributed by atoms with van der Waals surface area (Å²) in [4.78, 5) is 16.6. The summed E-state index contributed by atoms with van der Waals surface area (Å²) < 4.78 is 5.03. The minimum Gasteiger partial charge on any atom is -0.472 e. The van der Waals surface area contributed by atoms with E-state index in [-0.39, 0.29) is 36.8 Å². The number of furan rings is 1. The molecule has 8 heteroatoms. The van der Waals surface area contributed by atoms with E-state index in [0.29, 0.717) is 11.6 Å². The molecule has 5 nitrogen and oxygen atoms in total. The summed E-state index contributed by atoms with van der Waals surface area (Å²) in [6.45, 7) is 4.05. The maximum atomic E-state index is 12.2. The SMILES string of the molecule is CC1CNCCC1NC(=O)c1csc(-c2ccoc2)n1.Cl.Cl. The molecule has 122 valence electrons. The second-order valence-corrected chi connectivity index (χ2v) is 5.96. The minimum atomic E-state index is -0.0882. The van der Waals surface area contributed by atoms with Crippen molar-refractivity contribution in [1.29, 1.82) is 0 Å². The third kappa shape index (κ3) is 4.23. The van der Waals surface area contributed by atoms with Gasteiger partial charge in [-0.05, 0) is 31.5 Å². The molecule has 2 aromatic rings. The van der Waals surface area contributed by atoms with Crippen molar-refractivity contribution < 1.29 is 9.21 Å². The van der Waals surface area contributed by atoms with Gasteiger partial charge in [-0.25, -0.2) is 4.98 Å². The van der Waals surface area contributed by atoms with Crippen molar-refractivity contribution in [3.05, 3.63) is 29.7 Å². The number of nitrogens with one attached hydrogen (secondary N) is 2. The van der Waals surface area contributed by atoms with Crippen LogP contribution in [0.4, 0.5) is 0 Å². The number of carbonyl (C=O) groups excluding carboxylic acids is 1. The number of rotatable bonds is 3. The van der Waals surface area contributed by atoms with Crippen molar-refractivity contribution in [3.8, 4) is 10.6 Å². The molecular formula is C14H19Cl2N3O2S. The first-order chi connectivity index (χ1) is 9.74. The standard InChI is InChI=1S/C14H17N3O2S.2ClH/c1-9-6-15-4-2-11(9)16-13(18)12-8-20-14(17-12)10-3-5-19-7-10;;/h3,5,7-9,11,15H,2,4,6H2,1H3,(H,16,18);2*1H. The van der Waals surface area contributed by atoms with E-state index in [1.54, 1.807) is 17.9 Å². The van der Waals surface area contributed by atoms with Crippen LogP contribution in [-0.2, 0) is 0 Å². The Morgan fingerprint density at radius 2 is 2.32 bits per heavy atom. The molecule has 3 heterocycles. The average Bonchev–Trinajstić information content (AvgIpc) is 3.11. The molecule has 0 bridgehead atoms. The number of halogens is 2. The van der Waals surface area contributed by atoms with E-state index in [2.05, 4.69) is 22.5 Å². The summed E-state index contributed by atoms with van der Waals surface area (Å²) >= 11 is 1.45. The molecule has 2 atom stereocenters. The van der Waals surface area contributed by atoms with Crippen LogP contribution in [0.5, 0.6) is 0 Å². The maximum absolute atomic E-state index is 12.2. The molecule has 0 spiro atoms. The van der Waals surface area contributed by atoms with Gasteiger partial charge < -0.3 is 15.1 Å². The van der Waals surface area contributed by atoms with Crippen LogP contribution in [-0.4, -0.2) is 30.0 Å². The van der Waals surface area contributed by atoms with Gasteiger partial charge in [0, 0.05) is 17.0 Å². The van der Waals surface area contributed by atoms with Gasteiger partial charge in [0.1, 0.15) is 17.0 Å². The molecule has 2 aromatic heterocycles. The summed E-state index contributed by atoms with van der Waals surface area (Å²) in [5.41, 5.74) is 1.39. The Labute approximate surface area is 145 Å². The monoisotopic (exact) mass is 363 g/mol. The van der Waals surface area contributed by atoms with Gasteiger partial charge in [0.2, 0.25) is 0 Å². The lowest BCUT2D eigenvalue weighted by Crippen LogP contribution is -2.48. The Kier molecular flexibility index (Phi) is 7.35. The summed E-state index contributed by atoms with van der Waals surface area (Å²) in [7, 11) is 0. The molecule has 0 aromatic carbocycles. The largest absolute Gasteiger partial charge is 0.472 e.